The van der Waals surface area contributed by atoms with E-state index in [1.54, 1.807) is 62.3 Å². The minimum Gasteiger partial charge on any atom is -0.480 e. The first-order valence-electron chi connectivity index (χ1n) is 26.1. The first-order chi connectivity index (χ1) is 36.0. The van der Waals surface area contributed by atoms with Gasteiger partial charge >= 0.3 is 12.1 Å². The number of carbonyl (C=O) groups is 11. The Labute approximate surface area is 456 Å². The van der Waals surface area contributed by atoms with Crippen molar-refractivity contribution >= 4 is 76.5 Å². The van der Waals surface area contributed by atoms with Gasteiger partial charge in [-0.25, -0.2) is 4.79 Å². The fourth-order valence-electron chi connectivity index (χ4n) is 9.04. The number of hydrogen-bond donors (Lipinski definition) is 7. The smallest absolute Gasteiger partial charge is 0.407 e. The second kappa shape index (κ2) is 30.5. The summed E-state index contributed by atoms with van der Waals surface area (Å²) in [7, 11) is 0. The molecule has 0 bridgehead atoms. The first kappa shape index (κ1) is 64.8. The van der Waals surface area contributed by atoms with Crippen molar-refractivity contribution < 1.29 is 67.3 Å². The number of fused-ring (bicyclic) bond motifs is 3. The van der Waals surface area contributed by atoms with Gasteiger partial charge in [0, 0.05) is 50.2 Å². The van der Waals surface area contributed by atoms with Gasteiger partial charge in [-0.3, -0.25) is 43.2 Å². The summed E-state index contributed by atoms with van der Waals surface area (Å²) in [5.74, 6) is -11.1. The molecule has 20 nitrogen and oxygen atoms in total. The molecular formula is C56H80N6O14S. The van der Waals surface area contributed by atoms with Gasteiger partial charge in [0.1, 0.15) is 25.0 Å². The molecule has 21 heteroatoms. The number of ether oxygens (including phenoxy) is 2. The first-order valence-corrected chi connectivity index (χ1v) is 27.3. The van der Waals surface area contributed by atoms with Gasteiger partial charge in [0.15, 0.2) is 17.3 Å². The topological polar surface area (TPSA) is 299 Å². The lowest BCUT2D eigenvalue weighted by Crippen LogP contribution is -2.55. The lowest BCUT2D eigenvalue weighted by atomic mass is 9.88. The monoisotopic (exact) mass is 1090 g/mol. The molecule has 7 N–H and O–H groups in total. The van der Waals surface area contributed by atoms with Crippen molar-refractivity contribution in [2.75, 3.05) is 24.8 Å². The van der Waals surface area contributed by atoms with E-state index in [0.717, 1.165) is 34.0 Å². The van der Waals surface area contributed by atoms with Crippen molar-refractivity contribution in [3.8, 4) is 11.1 Å². The minimum absolute atomic E-state index is 0.0296. The van der Waals surface area contributed by atoms with E-state index in [1.807, 2.05) is 48.5 Å². The highest BCUT2D eigenvalue weighted by molar-refractivity contribution is 7.99. The third-order valence-electron chi connectivity index (χ3n) is 13.0. The Balaban J connectivity index is 1.72. The molecule has 77 heavy (non-hydrogen) atoms. The maximum atomic E-state index is 14.2. The summed E-state index contributed by atoms with van der Waals surface area (Å²) in [4.78, 5) is 145. The zero-order chi connectivity index (χ0) is 57.9. The van der Waals surface area contributed by atoms with Crippen LogP contribution >= 0.6 is 11.8 Å². The van der Waals surface area contributed by atoms with Crippen LogP contribution in [0.4, 0.5) is 4.79 Å². The molecule has 0 saturated heterocycles. The summed E-state index contributed by atoms with van der Waals surface area (Å²) in [6, 6.07) is 10.9. The van der Waals surface area contributed by atoms with Crippen molar-refractivity contribution in [1.29, 1.82) is 0 Å². The Morgan fingerprint density at radius 1 is 0.636 bits per heavy atom. The number of carbonyl (C=O) groups excluding carboxylic acids is 10. The van der Waals surface area contributed by atoms with Crippen LogP contribution in [0.15, 0.2) is 48.5 Å². The third kappa shape index (κ3) is 20.8. The number of aliphatic carboxylic acids is 1. The van der Waals surface area contributed by atoms with E-state index in [1.165, 1.54) is 20.8 Å². The standard InChI is InChI=1S/C56H80N6O14S/c1-13-43(45(65)25-41(34(8)76-56(10,11)12)53(72)57-26-48(68)69)59-51(70)32(6)22-46(66)49(30(2)3)61-52(71)36(23-33(7)63)24-47(67)50(31(4)5)62-54(73)44(28-77-29-58-35(9)64)60-55(74)75-27-42-39-20-16-14-18-37(39)38-19-15-17-21-40(38)42/h14-21,30-32,34,36,41-44,49-50H,13,22-29H2,1-12H3,(H,57,72)(H,58,64)(H,59,70)(H,60,74)(H,61,71)(H,62,73)(H,68,69)/t32-,34-,36-,41+,43+,44+,49?,50+/m1/s1. The number of alkyl carbamates (subject to hydrolysis) is 1. The molecule has 0 spiro atoms. The van der Waals surface area contributed by atoms with Crippen LogP contribution in [0.1, 0.15) is 132 Å². The number of ketones is 4. The normalized spacial score (nSPS) is 15.2. The van der Waals surface area contributed by atoms with Crippen molar-refractivity contribution in [3.63, 3.8) is 0 Å². The number of carboxylic acids is 1. The zero-order valence-corrected chi connectivity index (χ0v) is 47.3. The number of nitrogens with one attached hydrogen (secondary N) is 6. The summed E-state index contributed by atoms with van der Waals surface area (Å²) >= 11 is 1.14. The lowest BCUT2D eigenvalue weighted by molar-refractivity contribution is -0.144. The number of carboxylic acid groups (broad SMARTS) is 1. The Bertz CT molecular complexity index is 2410. The molecule has 0 heterocycles. The highest BCUT2D eigenvalue weighted by Gasteiger charge is 2.38. The molecule has 0 radical (unpaired) electrons. The van der Waals surface area contributed by atoms with Crippen LogP contribution in [-0.2, 0) is 57.4 Å². The van der Waals surface area contributed by atoms with E-state index in [2.05, 4.69) is 31.9 Å². The Morgan fingerprint density at radius 2 is 1.18 bits per heavy atom. The third-order valence-corrected chi connectivity index (χ3v) is 13.9. The molecule has 2 aromatic rings. The van der Waals surface area contributed by atoms with Crippen molar-refractivity contribution in [2.45, 2.75) is 157 Å². The molecule has 1 unspecified atom stereocenters. The van der Waals surface area contributed by atoms with Crippen LogP contribution < -0.4 is 31.9 Å². The number of hydrogen-bond acceptors (Lipinski definition) is 14. The number of rotatable bonds is 32. The van der Waals surface area contributed by atoms with Gasteiger partial charge in [-0.2, -0.15) is 0 Å². The molecular weight excluding hydrogens is 1010 g/mol. The van der Waals surface area contributed by atoms with E-state index < -0.39 is 137 Å². The van der Waals surface area contributed by atoms with Crippen molar-refractivity contribution in [1.82, 2.24) is 31.9 Å². The highest BCUT2D eigenvalue weighted by atomic mass is 32.2. The largest absolute Gasteiger partial charge is 0.480 e. The number of thioether (sulfide) groups is 1. The maximum absolute atomic E-state index is 14.2. The van der Waals surface area contributed by atoms with E-state index in [-0.39, 0.29) is 55.7 Å². The van der Waals surface area contributed by atoms with Crippen LogP contribution in [0, 0.1) is 29.6 Å². The predicted octanol–water partition coefficient (Wildman–Crippen LogP) is 5.03. The second-order valence-corrected chi connectivity index (χ2v) is 22.4. The Hall–Kier alpha value is -6.48. The van der Waals surface area contributed by atoms with Crippen LogP contribution in [0.5, 0.6) is 0 Å². The van der Waals surface area contributed by atoms with E-state index >= 15 is 0 Å². The SMILES string of the molecule is CC[C@H](NC(=O)[C@H](C)CC(=O)C(NC(=O)[C@H](CC(C)=O)CC(=O)[C@@H](NC(=O)[C@H](CSCNC(C)=O)NC(=O)OCC1c2ccccc2-c2ccccc21)C(C)C)C(C)C)C(=O)C[C@H](C(=O)NCC(=O)O)[C@@H](C)OC(C)(C)C. The van der Waals surface area contributed by atoms with Gasteiger partial charge in [-0.05, 0) is 75.1 Å². The molecule has 2 aromatic carbocycles. The predicted molar refractivity (Wildman–Crippen MR) is 290 cm³/mol. The zero-order valence-electron chi connectivity index (χ0n) is 46.5. The quantitative estimate of drug-likeness (QED) is 0.0374. The summed E-state index contributed by atoms with van der Waals surface area (Å²) in [6.45, 7) is 18.6. The molecule has 1 aliphatic carbocycles. The molecule has 424 valence electrons. The average molecular weight is 1090 g/mol. The summed E-state index contributed by atoms with van der Waals surface area (Å²) in [6.07, 6.45) is -3.21. The van der Waals surface area contributed by atoms with Gasteiger partial charge < -0.3 is 51.3 Å². The number of benzene rings is 2. The molecule has 3 rings (SSSR count). The van der Waals surface area contributed by atoms with Gasteiger partial charge in [0.25, 0.3) is 0 Å². The molecule has 0 aliphatic heterocycles. The van der Waals surface area contributed by atoms with Gasteiger partial charge in [-0.1, -0.05) is 90.1 Å². The van der Waals surface area contributed by atoms with E-state index in [0.29, 0.717) is 0 Å². The molecule has 0 aromatic heterocycles. The van der Waals surface area contributed by atoms with Crippen LogP contribution in [0.25, 0.3) is 11.1 Å². The highest BCUT2D eigenvalue weighted by Crippen LogP contribution is 2.44. The molecule has 6 amide bonds. The maximum Gasteiger partial charge on any atom is 0.407 e. The second-order valence-electron chi connectivity index (χ2n) is 21.4. The van der Waals surface area contributed by atoms with Crippen molar-refractivity contribution in [2.24, 2.45) is 29.6 Å². The van der Waals surface area contributed by atoms with E-state index in [9.17, 15) is 52.7 Å². The fraction of sp³-hybridized carbons (Fsp3) is 0.589. The molecule has 0 fully saturated rings. The summed E-state index contributed by atoms with van der Waals surface area (Å²) in [5, 5.41) is 24.8. The van der Waals surface area contributed by atoms with Crippen LogP contribution in [0.2, 0.25) is 0 Å². The number of Topliss-reactive ketones (excluding diaryl/α,β-unsaturated/α-hetero) is 4. The summed E-state index contributed by atoms with van der Waals surface area (Å²) < 4.78 is 11.7. The molecule has 1 aliphatic rings. The fourth-order valence-corrected chi connectivity index (χ4v) is 9.94. The van der Waals surface area contributed by atoms with Gasteiger partial charge in [0.05, 0.1) is 47.5 Å². The van der Waals surface area contributed by atoms with E-state index in [4.69, 9.17) is 14.6 Å². The molecule has 0 saturated carbocycles. The average Bonchev–Trinajstić information content (AvgIpc) is 3.66. The lowest BCUT2D eigenvalue weighted by Gasteiger charge is -2.31. The van der Waals surface area contributed by atoms with Gasteiger partial charge in [0.2, 0.25) is 29.5 Å². The Kier molecular flexibility index (Phi) is 25.6. The van der Waals surface area contributed by atoms with Crippen LogP contribution in [0.3, 0.4) is 0 Å². The van der Waals surface area contributed by atoms with Crippen LogP contribution in [-0.4, -0.2) is 130 Å². The van der Waals surface area contributed by atoms with Gasteiger partial charge in [-0.15, -0.1) is 11.8 Å². The number of amides is 6. The minimum atomic E-state index is -1.28. The van der Waals surface area contributed by atoms with Crippen molar-refractivity contribution in [3.05, 3.63) is 59.7 Å². The summed E-state index contributed by atoms with van der Waals surface area (Å²) in [5.41, 5.74) is 3.33. The Morgan fingerprint density at radius 3 is 1.69 bits per heavy atom. The molecule has 8 atom stereocenters.